The van der Waals surface area contributed by atoms with Gasteiger partial charge in [0.2, 0.25) is 0 Å². The molecule has 21 heavy (non-hydrogen) atoms. The predicted octanol–water partition coefficient (Wildman–Crippen LogP) is 2.93. The molecule has 1 fully saturated rings. The van der Waals surface area contributed by atoms with E-state index in [1.807, 2.05) is 0 Å². The molecule has 3 N–H and O–H groups in total. The molecular weight excluding hydrogens is 269 g/mol. The van der Waals surface area contributed by atoms with E-state index >= 15 is 0 Å². The van der Waals surface area contributed by atoms with E-state index in [2.05, 4.69) is 24.0 Å². The zero-order valence-corrected chi connectivity index (χ0v) is 12.7. The van der Waals surface area contributed by atoms with Crippen molar-refractivity contribution < 1.29 is 9.60 Å². The zero-order chi connectivity index (χ0) is 15.4. The van der Waals surface area contributed by atoms with Crippen LogP contribution in [0.5, 0.6) is 0 Å². The van der Waals surface area contributed by atoms with Gasteiger partial charge in [-0.25, -0.2) is 4.39 Å². The molecule has 1 aliphatic carbocycles. The number of oxime groups is 1. The van der Waals surface area contributed by atoms with Crippen molar-refractivity contribution in [1.82, 2.24) is 4.90 Å². The Hall–Kier alpha value is -1.62. The summed E-state index contributed by atoms with van der Waals surface area (Å²) in [7, 11) is 2.05. The third kappa shape index (κ3) is 3.94. The molecular formula is C16H24FN3O. The summed E-state index contributed by atoms with van der Waals surface area (Å²) in [6.07, 6.45) is 4.86. The van der Waals surface area contributed by atoms with Crippen LogP contribution in [0.15, 0.2) is 23.4 Å². The maximum atomic E-state index is 14.1. The number of nitrogens with two attached hydrogens (primary N) is 1. The molecule has 2 rings (SSSR count). The molecule has 0 aromatic heterocycles. The Balaban J connectivity index is 2.02. The monoisotopic (exact) mass is 293 g/mol. The van der Waals surface area contributed by atoms with Gasteiger partial charge in [-0.1, -0.05) is 24.2 Å². The standard InChI is InChI=1S/C16H24FN3O/c1-11-3-7-14(8-4-11)20(2)10-13-6-5-12(9-15(13)17)16(18)19-21/h5-6,9,11,14,21H,3-4,7-8,10H2,1-2H3,(H2,18,19). The second-order valence-corrected chi connectivity index (χ2v) is 6.12. The van der Waals surface area contributed by atoms with E-state index in [1.165, 1.54) is 31.7 Å². The SMILES string of the molecule is CC1CCC(N(C)Cc2ccc(C(N)=NO)cc2F)CC1. The van der Waals surface area contributed by atoms with Crippen LogP contribution in [-0.2, 0) is 6.54 Å². The summed E-state index contributed by atoms with van der Waals surface area (Å²) < 4.78 is 14.1. The second-order valence-electron chi connectivity index (χ2n) is 6.12. The first kappa shape index (κ1) is 15.8. The lowest BCUT2D eigenvalue weighted by molar-refractivity contribution is 0.162. The summed E-state index contributed by atoms with van der Waals surface area (Å²) >= 11 is 0. The van der Waals surface area contributed by atoms with Crippen LogP contribution in [0.2, 0.25) is 0 Å². The van der Waals surface area contributed by atoms with Gasteiger partial charge in [-0.05, 0) is 44.7 Å². The number of halogens is 1. The van der Waals surface area contributed by atoms with E-state index in [0.29, 0.717) is 23.7 Å². The minimum atomic E-state index is -0.310. The molecule has 1 aliphatic rings. The van der Waals surface area contributed by atoms with E-state index in [-0.39, 0.29) is 11.7 Å². The third-order valence-corrected chi connectivity index (χ3v) is 4.49. The second kappa shape index (κ2) is 6.89. The first-order chi connectivity index (χ1) is 10.0. The minimum absolute atomic E-state index is 0.0740. The van der Waals surface area contributed by atoms with Gasteiger partial charge >= 0.3 is 0 Å². The van der Waals surface area contributed by atoms with Crippen molar-refractivity contribution in [2.75, 3.05) is 7.05 Å². The van der Waals surface area contributed by atoms with Crippen LogP contribution in [0, 0.1) is 11.7 Å². The van der Waals surface area contributed by atoms with Gasteiger partial charge in [0.15, 0.2) is 5.84 Å². The summed E-state index contributed by atoms with van der Waals surface area (Å²) in [6.45, 7) is 2.88. The number of hydrogen-bond acceptors (Lipinski definition) is 3. The van der Waals surface area contributed by atoms with Gasteiger partial charge in [-0.15, -0.1) is 0 Å². The van der Waals surface area contributed by atoms with Gasteiger partial charge in [0.05, 0.1) is 0 Å². The van der Waals surface area contributed by atoms with Crippen LogP contribution in [0.1, 0.15) is 43.7 Å². The number of amidine groups is 1. The van der Waals surface area contributed by atoms with Crippen molar-refractivity contribution in [2.45, 2.75) is 45.2 Å². The molecule has 0 spiro atoms. The highest BCUT2D eigenvalue weighted by atomic mass is 19.1. The smallest absolute Gasteiger partial charge is 0.170 e. The molecule has 0 atom stereocenters. The van der Waals surface area contributed by atoms with E-state index < -0.39 is 0 Å². The van der Waals surface area contributed by atoms with Crippen molar-refractivity contribution in [1.29, 1.82) is 0 Å². The van der Waals surface area contributed by atoms with Crippen LogP contribution in [-0.4, -0.2) is 29.0 Å². The summed E-state index contributed by atoms with van der Waals surface area (Å²) in [4.78, 5) is 2.23. The Morgan fingerprint density at radius 1 is 1.38 bits per heavy atom. The molecule has 0 amide bonds. The van der Waals surface area contributed by atoms with Gasteiger partial charge in [-0.2, -0.15) is 0 Å². The highest BCUT2D eigenvalue weighted by Gasteiger charge is 2.22. The molecule has 0 aliphatic heterocycles. The summed E-state index contributed by atoms with van der Waals surface area (Å²) in [6, 6.07) is 5.25. The molecule has 1 saturated carbocycles. The molecule has 0 unspecified atom stereocenters. The van der Waals surface area contributed by atoms with E-state index in [4.69, 9.17) is 10.9 Å². The number of rotatable bonds is 4. The molecule has 1 aromatic rings. The third-order valence-electron chi connectivity index (χ3n) is 4.49. The lowest BCUT2D eigenvalue weighted by Gasteiger charge is -2.33. The summed E-state index contributed by atoms with van der Waals surface area (Å²) in [5, 5.41) is 11.5. The van der Waals surface area contributed by atoms with Crippen LogP contribution < -0.4 is 5.73 Å². The highest BCUT2D eigenvalue weighted by molar-refractivity contribution is 5.97. The normalized spacial score (nSPS) is 23.5. The van der Waals surface area contributed by atoms with Crippen molar-refractivity contribution >= 4 is 5.84 Å². The van der Waals surface area contributed by atoms with Crippen LogP contribution in [0.25, 0.3) is 0 Å². The largest absolute Gasteiger partial charge is 0.409 e. The molecule has 0 radical (unpaired) electrons. The van der Waals surface area contributed by atoms with E-state index in [9.17, 15) is 4.39 Å². The van der Waals surface area contributed by atoms with Crippen molar-refractivity contribution in [2.24, 2.45) is 16.8 Å². The van der Waals surface area contributed by atoms with Crippen LogP contribution in [0.4, 0.5) is 4.39 Å². The van der Waals surface area contributed by atoms with Gasteiger partial charge in [-0.3, -0.25) is 4.90 Å². The van der Waals surface area contributed by atoms with Crippen molar-refractivity contribution in [3.63, 3.8) is 0 Å². The fourth-order valence-electron chi connectivity index (χ4n) is 2.97. The molecule has 4 nitrogen and oxygen atoms in total. The van der Waals surface area contributed by atoms with Gasteiger partial charge in [0.1, 0.15) is 5.82 Å². The predicted molar refractivity (Wildman–Crippen MR) is 81.8 cm³/mol. The average molecular weight is 293 g/mol. The lowest BCUT2D eigenvalue weighted by Crippen LogP contribution is -2.34. The number of nitrogens with zero attached hydrogens (tertiary/aromatic N) is 2. The van der Waals surface area contributed by atoms with Gasteiger partial charge in [0, 0.05) is 23.7 Å². The fourth-order valence-corrected chi connectivity index (χ4v) is 2.97. The van der Waals surface area contributed by atoms with Gasteiger partial charge in [0.25, 0.3) is 0 Å². The first-order valence-corrected chi connectivity index (χ1v) is 7.47. The van der Waals surface area contributed by atoms with E-state index in [1.54, 1.807) is 12.1 Å². The molecule has 0 saturated heterocycles. The Morgan fingerprint density at radius 2 is 2.05 bits per heavy atom. The van der Waals surface area contributed by atoms with Crippen LogP contribution in [0.3, 0.4) is 0 Å². The zero-order valence-electron chi connectivity index (χ0n) is 12.7. The fraction of sp³-hybridized carbons (Fsp3) is 0.562. The Kier molecular flexibility index (Phi) is 5.17. The maximum Gasteiger partial charge on any atom is 0.170 e. The topological polar surface area (TPSA) is 61.8 Å². The first-order valence-electron chi connectivity index (χ1n) is 7.47. The average Bonchev–Trinajstić information content (AvgIpc) is 2.49. The maximum absolute atomic E-state index is 14.1. The minimum Gasteiger partial charge on any atom is -0.409 e. The van der Waals surface area contributed by atoms with Crippen molar-refractivity contribution in [3.05, 3.63) is 35.1 Å². The van der Waals surface area contributed by atoms with Crippen LogP contribution >= 0.6 is 0 Å². The van der Waals surface area contributed by atoms with E-state index in [0.717, 1.165) is 5.92 Å². The summed E-state index contributed by atoms with van der Waals surface area (Å²) in [5.74, 6) is 0.427. The number of hydrogen-bond donors (Lipinski definition) is 2. The molecule has 0 bridgehead atoms. The molecule has 5 heteroatoms. The highest BCUT2D eigenvalue weighted by Crippen LogP contribution is 2.27. The Bertz CT molecular complexity index is 510. The summed E-state index contributed by atoms with van der Waals surface area (Å²) in [5.41, 5.74) is 6.51. The quantitative estimate of drug-likeness (QED) is 0.388. The molecule has 116 valence electrons. The lowest BCUT2D eigenvalue weighted by atomic mass is 9.86. The van der Waals surface area contributed by atoms with Crippen molar-refractivity contribution in [3.8, 4) is 0 Å². The number of benzene rings is 1. The van der Waals surface area contributed by atoms with Gasteiger partial charge < -0.3 is 10.9 Å². The molecule has 0 heterocycles. The Morgan fingerprint density at radius 3 is 2.62 bits per heavy atom. The Labute approximate surface area is 125 Å². The molecule has 1 aromatic carbocycles.